The van der Waals surface area contributed by atoms with Gasteiger partial charge in [0.25, 0.3) is 0 Å². The lowest BCUT2D eigenvalue weighted by Crippen LogP contribution is -2.30. The molecule has 0 radical (unpaired) electrons. The second kappa shape index (κ2) is 4.78. The fourth-order valence-electron chi connectivity index (χ4n) is 3.04. The van der Waals surface area contributed by atoms with E-state index in [0.29, 0.717) is 24.3 Å². The largest absolute Gasteiger partial charge is 0.497 e. The number of fused-ring (bicyclic) bond motifs is 1. The minimum Gasteiger partial charge on any atom is -0.497 e. The average Bonchev–Trinajstić information content (AvgIpc) is 2.70. The lowest BCUT2D eigenvalue weighted by Gasteiger charge is -2.18. The van der Waals surface area contributed by atoms with Gasteiger partial charge in [0, 0.05) is 6.07 Å². The van der Waals surface area contributed by atoms with Crippen LogP contribution in [0.3, 0.4) is 0 Å². The number of ether oxygens (including phenoxy) is 1. The van der Waals surface area contributed by atoms with Gasteiger partial charge in [0.2, 0.25) is 11.8 Å². The summed E-state index contributed by atoms with van der Waals surface area (Å²) in [6.07, 6.45) is 3.43. The normalized spacial score (nSPS) is 25.5. The van der Waals surface area contributed by atoms with Gasteiger partial charge in [-0.05, 0) is 31.9 Å². The van der Waals surface area contributed by atoms with Crippen LogP contribution in [0.4, 0.5) is 5.69 Å². The molecule has 0 bridgehead atoms. The summed E-state index contributed by atoms with van der Waals surface area (Å²) in [5, 5.41) is 0. The molecule has 0 aromatic heterocycles. The Morgan fingerprint density at radius 1 is 1.20 bits per heavy atom. The smallest absolute Gasteiger partial charge is 0.238 e. The zero-order valence-corrected chi connectivity index (χ0v) is 11.6. The highest BCUT2D eigenvalue weighted by Crippen LogP contribution is 2.40. The van der Waals surface area contributed by atoms with Gasteiger partial charge in [0.15, 0.2) is 0 Å². The zero-order chi connectivity index (χ0) is 14.3. The van der Waals surface area contributed by atoms with Gasteiger partial charge in [0.05, 0.1) is 24.6 Å². The van der Waals surface area contributed by atoms with E-state index < -0.39 is 0 Å². The molecule has 4 nitrogen and oxygen atoms in total. The lowest BCUT2D eigenvalue weighted by molar-refractivity contribution is -0.122. The van der Waals surface area contributed by atoms with E-state index in [1.165, 1.54) is 10.5 Å². The fraction of sp³-hybridized carbons (Fsp3) is 0.375. The highest BCUT2D eigenvalue weighted by Gasteiger charge is 2.48. The van der Waals surface area contributed by atoms with Crippen LogP contribution in [-0.4, -0.2) is 18.9 Å². The molecule has 3 rings (SSSR count). The predicted octanol–water partition coefficient (Wildman–Crippen LogP) is 2.54. The Kier molecular flexibility index (Phi) is 3.08. The number of allylic oxidation sites excluding steroid dienone is 2. The molecule has 4 heteroatoms. The fourth-order valence-corrected chi connectivity index (χ4v) is 3.04. The van der Waals surface area contributed by atoms with Crippen molar-refractivity contribution in [3.05, 3.63) is 35.9 Å². The van der Waals surface area contributed by atoms with Crippen LogP contribution in [0.2, 0.25) is 0 Å². The summed E-state index contributed by atoms with van der Waals surface area (Å²) in [5.41, 5.74) is 1.80. The number of anilines is 1. The third-order valence-corrected chi connectivity index (χ3v) is 4.13. The summed E-state index contributed by atoms with van der Waals surface area (Å²) in [7, 11) is 1.57. The van der Waals surface area contributed by atoms with E-state index in [0.717, 1.165) is 0 Å². The van der Waals surface area contributed by atoms with Gasteiger partial charge < -0.3 is 4.74 Å². The minimum absolute atomic E-state index is 0.0827. The van der Waals surface area contributed by atoms with E-state index >= 15 is 0 Å². The number of benzene rings is 1. The Hall–Kier alpha value is -2.10. The second-order valence-electron chi connectivity index (χ2n) is 5.42. The van der Waals surface area contributed by atoms with Crippen molar-refractivity contribution in [2.24, 2.45) is 11.8 Å². The van der Waals surface area contributed by atoms with Gasteiger partial charge in [0.1, 0.15) is 5.75 Å². The van der Waals surface area contributed by atoms with Crippen LogP contribution < -0.4 is 9.64 Å². The molecule has 1 aliphatic heterocycles. The molecule has 1 aromatic rings. The molecule has 2 unspecified atom stereocenters. The van der Waals surface area contributed by atoms with E-state index in [2.05, 4.69) is 6.08 Å². The number of nitrogens with zero attached hydrogens (tertiary/aromatic N) is 1. The maximum atomic E-state index is 12.5. The first-order chi connectivity index (χ1) is 9.61. The summed E-state index contributed by atoms with van der Waals surface area (Å²) >= 11 is 0. The third kappa shape index (κ3) is 1.92. The Balaban J connectivity index is 1.95. The SMILES string of the molecule is COc1cccc(N2C(=O)C3CC=C(C)CC3C2=O)c1. The molecule has 0 spiro atoms. The Labute approximate surface area is 118 Å². The number of methoxy groups -OCH3 is 1. The van der Waals surface area contributed by atoms with E-state index in [1.807, 2.05) is 6.92 Å². The molecule has 1 saturated heterocycles. The predicted molar refractivity (Wildman–Crippen MR) is 75.5 cm³/mol. The van der Waals surface area contributed by atoms with Gasteiger partial charge in [-0.3, -0.25) is 9.59 Å². The van der Waals surface area contributed by atoms with Crippen molar-refractivity contribution in [2.75, 3.05) is 12.0 Å². The molecule has 1 heterocycles. The molecule has 1 fully saturated rings. The minimum atomic E-state index is -0.197. The van der Waals surface area contributed by atoms with Crippen molar-refractivity contribution in [1.29, 1.82) is 0 Å². The first-order valence-electron chi connectivity index (χ1n) is 6.79. The average molecular weight is 271 g/mol. The lowest BCUT2D eigenvalue weighted by atomic mass is 9.82. The summed E-state index contributed by atoms with van der Waals surface area (Å²) in [5.74, 6) is 0.0843. The summed E-state index contributed by atoms with van der Waals surface area (Å²) in [6.45, 7) is 2.02. The maximum absolute atomic E-state index is 12.5. The molecular formula is C16H17NO3. The molecule has 0 saturated carbocycles. The topological polar surface area (TPSA) is 46.6 Å². The number of hydrogen-bond donors (Lipinski definition) is 0. The van der Waals surface area contributed by atoms with Crippen molar-refractivity contribution >= 4 is 17.5 Å². The van der Waals surface area contributed by atoms with Crippen molar-refractivity contribution < 1.29 is 14.3 Å². The highest BCUT2D eigenvalue weighted by molar-refractivity contribution is 6.22. The van der Waals surface area contributed by atoms with Crippen LogP contribution in [-0.2, 0) is 9.59 Å². The van der Waals surface area contributed by atoms with Crippen LogP contribution in [0.15, 0.2) is 35.9 Å². The molecule has 2 atom stereocenters. The highest BCUT2D eigenvalue weighted by atomic mass is 16.5. The number of amides is 2. The molecule has 2 aliphatic rings. The molecule has 1 aromatic carbocycles. The third-order valence-electron chi connectivity index (χ3n) is 4.13. The molecule has 1 aliphatic carbocycles. The Morgan fingerprint density at radius 3 is 2.70 bits per heavy atom. The molecule has 20 heavy (non-hydrogen) atoms. The van der Waals surface area contributed by atoms with E-state index in [4.69, 9.17) is 4.74 Å². The molecule has 104 valence electrons. The first-order valence-corrected chi connectivity index (χ1v) is 6.79. The number of rotatable bonds is 2. The summed E-state index contributed by atoms with van der Waals surface area (Å²) in [4.78, 5) is 26.3. The first kappa shape index (κ1) is 12.9. The monoisotopic (exact) mass is 271 g/mol. The van der Waals surface area contributed by atoms with Gasteiger partial charge in [-0.15, -0.1) is 0 Å². The van der Waals surface area contributed by atoms with Crippen LogP contribution in [0.5, 0.6) is 5.75 Å². The van der Waals surface area contributed by atoms with Crippen LogP contribution in [0.25, 0.3) is 0 Å². The Morgan fingerprint density at radius 2 is 1.95 bits per heavy atom. The number of hydrogen-bond acceptors (Lipinski definition) is 3. The standard InChI is InChI=1S/C16H17NO3/c1-10-6-7-13-14(8-10)16(19)17(15(13)18)11-4-3-5-12(9-11)20-2/h3-6,9,13-14H,7-8H2,1-2H3. The van der Waals surface area contributed by atoms with Crippen molar-refractivity contribution in [3.63, 3.8) is 0 Å². The van der Waals surface area contributed by atoms with Crippen LogP contribution in [0, 0.1) is 11.8 Å². The molecule has 2 amide bonds. The van der Waals surface area contributed by atoms with Crippen molar-refractivity contribution in [1.82, 2.24) is 0 Å². The second-order valence-corrected chi connectivity index (χ2v) is 5.42. The molecular weight excluding hydrogens is 254 g/mol. The van der Waals surface area contributed by atoms with Gasteiger partial charge in [-0.2, -0.15) is 0 Å². The number of carbonyl (C=O) groups is 2. The van der Waals surface area contributed by atoms with E-state index in [-0.39, 0.29) is 23.7 Å². The molecule has 0 N–H and O–H groups in total. The summed E-state index contributed by atoms with van der Waals surface area (Å²) < 4.78 is 5.16. The van der Waals surface area contributed by atoms with Gasteiger partial charge in [-0.1, -0.05) is 17.7 Å². The van der Waals surface area contributed by atoms with Crippen LogP contribution >= 0.6 is 0 Å². The Bertz CT molecular complexity index is 605. The maximum Gasteiger partial charge on any atom is 0.238 e. The number of imide groups is 1. The summed E-state index contributed by atoms with van der Waals surface area (Å²) in [6, 6.07) is 7.09. The van der Waals surface area contributed by atoms with Crippen molar-refractivity contribution in [2.45, 2.75) is 19.8 Å². The number of carbonyl (C=O) groups excluding carboxylic acids is 2. The van der Waals surface area contributed by atoms with E-state index in [9.17, 15) is 9.59 Å². The van der Waals surface area contributed by atoms with E-state index in [1.54, 1.807) is 31.4 Å². The van der Waals surface area contributed by atoms with Crippen LogP contribution in [0.1, 0.15) is 19.8 Å². The van der Waals surface area contributed by atoms with Gasteiger partial charge >= 0.3 is 0 Å². The van der Waals surface area contributed by atoms with Crippen molar-refractivity contribution in [3.8, 4) is 5.75 Å². The quantitative estimate of drug-likeness (QED) is 0.613. The van der Waals surface area contributed by atoms with Gasteiger partial charge in [-0.25, -0.2) is 4.90 Å². The zero-order valence-electron chi connectivity index (χ0n) is 11.6.